The topological polar surface area (TPSA) is 289 Å². The number of nitrogens with zero attached hydrogens (tertiary/aromatic N) is 7. The van der Waals surface area contributed by atoms with Crippen molar-refractivity contribution in [1.29, 1.82) is 0 Å². The van der Waals surface area contributed by atoms with Crippen LogP contribution in [0.25, 0.3) is 22.3 Å². The van der Waals surface area contributed by atoms with Crippen LogP contribution in [0.15, 0.2) is 23.8 Å². The minimum atomic E-state index is -5.02. The molecule has 3 fully saturated rings. The van der Waals surface area contributed by atoms with Crippen molar-refractivity contribution >= 4 is 52.2 Å². The Kier molecular flexibility index (Phi) is 6.91. The largest absolute Gasteiger partial charge is 0.472 e. The molecule has 0 aromatic carbocycles. The van der Waals surface area contributed by atoms with E-state index in [1.54, 1.807) is 0 Å². The number of phosphoric acid groups is 1. The van der Waals surface area contributed by atoms with Crippen LogP contribution in [-0.2, 0) is 37.6 Å². The van der Waals surface area contributed by atoms with E-state index in [4.69, 9.17) is 34.2 Å². The van der Waals surface area contributed by atoms with E-state index in [0.717, 1.165) is 6.33 Å². The Bertz CT molecular complexity index is 1970. The number of hydrogen-bond donors (Lipinski definition) is 5. The first-order chi connectivity index (χ1) is 20.9. The van der Waals surface area contributed by atoms with Gasteiger partial charge in [-0.05, 0) is 0 Å². The Labute approximate surface area is 244 Å². The van der Waals surface area contributed by atoms with Gasteiger partial charge in [0, 0.05) is 13.0 Å². The first kappa shape index (κ1) is 29.1. The summed E-state index contributed by atoms with van der Waals surface area (Å²) in [5.74, 6) is -0.174. The van der Waals surface area contributed by atoms with Crippen LogP contribution in [0.4, 0.5) is 16.2 Å². The van der Waals surface area contributed by atoms with Crippen molar-refractivity contribution in [2.75, 3.05) is 24.6 Å². The number of nitrogens with two attached hydrogens (primary N) is 2. The average Bonchev–Trinajstić information content (AvgIpc) is 3.72. The van der Waals surface area contributed by atoms with Gasteiger partial charge >= 0.3 is 18.1 Å². The number of fused-ring (bicyclic) bond motifs is 4. The highest BCUT2D eigenvalue weighted by Gasteiger charge is 2.52. The molecular weight excluding hydrogens is 636 g/mol. The van der Waals surface area contributed by atoms with Crippen molar-refractivity contribution in [1.82, 2.24) is 43.8 Å². The van der Waals surface area contributed by atoms with Crippen LogP contribution < -0.4 is 21.7 Å². The summed E-state index contributed by atoms with van der Waals surface area (Å²) in [6.07, 6.45) is -7.02. The smallest absolute Gasteiger partial charge is 0.382 e. The second-order valence-electron chi connectivity index (χ2n) is 10.0. The molecule has 4 aromatic rings. The molecule has 3 saturated heterocycles. The molecule has 0 bridgehead atoms. The molecule has 4 aromatic heterocycles. The van der Waals surface area contributed by atoms with Gasteiger partial charge < -0.3 is 25.8 Å². The molecule has 8 atom stereocenters. The molecule has 0 aliphatic carbocycles. The van der Waals surface area contributed by atoms with Crippen molar-refractivity contribution in [2.24, 2.45) is 0 Å². The summed E-state index contributed by atoms with van der Waals surface area (Å²) >= 11 is 0. The van der Waals surface area contributed by atoms with E-state index < -0.39 is 79.9 Å². The fourth-order valence-corrected chi connectivity index (χ4v) is 7.19. The highest BCUT2D eigenvalue weighted by Crippen LogP contribution is 2.50. The van der Waals surface area contributed by atoms with Gasteiger partial charge in [-0.1, -0.05) is 0 Å². The highest BCUT2D eigenvalue weighted by molar-refractivity contribution is 7.84. The number of nitrogen functional groups attached to an aromatic ring is 2. The molecular formula is C20H23FN11O10PS. The lowest BCUT2D eigenvalue weighted by atomic mass is 10.1. The van der Waals surface area contributed by atoms with Gasteiger partial charge in [-0.2, -0.15) is 18.1 Å². The Morgan fingerprint density at radius 2 is 1.82 bits per heavy atom. The first-order valence-corrected chi connectivity index (χ1v) is 15.7. The summed E-state index contributed by atoms with van der Waals surface area (Å²) < 4.78 is 86.8. The Balaban J connectivity index is 1.15. The molecule has 0 amide bonds. The van der Waals surface area contributed by atoms with Crippen LogP contribution in [0, 0.1) is 0 Å². The zero-order valence-electron chi connectivity index (χ0n) is 22.0. The summed E-state index contributed by atoms with van der Waals surface area (Å²) in [7, 11) is -9.57. The summed E-state index contributed by atoms with van der Waals surface area (Å²) in [6.45, 7) is -1.35. The number of ether oxygens (including phenoxy) is 2. The van der Waals surface area contributed by atoms with Crippen LogP contribution in [-0.4, -0.2) is 96.1 Å². The lowest BCUT2D eigenvalue weighted by Crippen LogP contribution is -2.43. The normalized spacial score (nSPS) is 34.4. The maximum atomic E-state index is 15.8. The fourth-order valence-electron chi connectivity index (χ4n) is 5.27. The molecule has 1 unspecified atom stereocenters. The first-order valence-electron chi connectivity index (χ1n) is 12.8. The second-order valence-corrected chi connectivity index (χ2v) is 12.8. The van der Waals surface area contributed by atoms with Crippen molar-refractivity contribution < 1.29 is 45.0 Å². The number of nitrogens with one attached hydrogen (secondary N) is 2. The van der Waals surface area contributed by atoms with E-state index in [-0.39, 0.29) is 40.5 Å². The van der Waals surface area contributed by atoms with Crippen LogP contribution in [0.1, 0.15) is 18.9 Å². The predicted octanol–water partition coefficient (Wildman–Crippen LogP) is -1.62. The maximum absolute atomic E-state index is 15.8. The Hall–Kier alpha value is -3.67. The van der Waals surface area contributed by atoms with E-state index in [0.29, 0.717) is 0 Å². The van der Waals surface area contributed by atoms with Crippen molar-refractivity contribution in [2.45, 2.75) is 49.5 Å². The molecule has 7 rings (SSSR count). The number of hydrogen-bond acceptors (Lipinski definition) is 16. The molecule has 0 radical (unpaired) electrons. The Morgan fingerprint density at radius 1 is 1.05 bits per heavy atom. The quantitative estimate of drug-likeness (QED) is 0.151. The van der Waals surface area contributed by atoms with Gasteiger partial charge in [0.2, 0.25) is 5.95 Å². The highest BCUT2D eigenvalue weighted by atomic mass is 32.2. The van der Waals surface area contributed by atoms with Gasteiger partial charge in [-0.15, -0.1) is 0 Å². The molecule has 3 aliphatic rings. The number of anilines is 2. The number of alkyl halides is 1. The third-order valence-electron chi connectivity index (χ3n) is 7.24. The van der Waals surface area contributed by atoms with Crippen LogP contribution >= 0.6 is 7.82 Å². The molecule has 44 heavy (non-hydrogen) atoms. The molecule has 236 valence electrons. The van der Waals surface area contributed by atoms with Gasteiger partial charge in [0.25, 0.3) is 5.56 Å². The van der Waals surface area contributed by atoms with Crippen LogP contribution in [0.2, 0.25) is 0 Å². The number of phosphoric ester groups is 1. The molecule has 21 nitrogen and oxygen atoms in total. The van der Waals surface area contributed by atoms with Gasteiger partial charge in [0.05, 0.1) is 19.3 Å². The minimum absolute atomic E-state index is 0.0216. The summed E-state index contributed by atoms with van der Waals surface area (Å²) in [4.78, 5) is 45.0. The van der Waals surface area contributed by atoms with Crippen molar-refractivity contribution in [3.63, 3.8) is 0 Å². The van der Waals surface area contributed by atoms with Crippen LogP contribution in [0.5, 0.6) is 0 Å². The van der Waals surface area contributed by atoms with Crippen LogP contribution in [0.3, 0.4) is 0 Å². The number of halogens is 1. The molecule has 0 spiro atoms. The fraction of sp³-hybridized carbons (Fsp3) is 0.500. The van der Waals surface area contributed by atoms with E-state index in [2.05, 4.69) is 34.6 Å². The van der Waals surface area contributed by atoms with Gasteiger partial charge in [-0.25, -0.2) is 28.9 Å². The third kappa shape index (κ3) is 5.10. The predicted molar refractivity (Wildman–Crippen MR) is 142 cm³/mol. The van der Waals surface area contributed by atoms with E-state index in [1.807, 2.05) is 0 Å². The van der Waals surface area contributed by atoms with Crippen molar-refractivity contribution in [3.05, 3.63) is 29.3 Å². The Morgan fingerprint density at radius 3 is 2.64 bits per heavy atom. The second kappa shape index (κ2) is 10.5. The molecule has 3 aliphatic heterocycles. The van der Waals surface area contributed by atoms with E-state index in [1.165, 1.54) is 21.8 Å². The van der Waals surface area contributed by atoms with E-state index in [9.17, 15) is 22.7 Å². The lowest BCUT2D eigenvalue weighted by Gasteiger charge is -2.25. The summed E-state index contributed by atoms with van der Waals surface area (Å²) in [5, 5.41) is 0. The standard InChI is InChI=1S/C20H23FN11O10PS/c21-11-14-8(40-19(11)32-6-26-12-15(22)24-4-25-16(12)32)2-28-44(36,37)42-7-1-10(39-9(7)3-38-43(34,35)41-14)31-5-27-13-17(31)29-20(23)30-18(13)33/h4-11,14,19,28H,1-3H2,(H,34,35)(H2,22,24,25)(H3,23,29,30,33)/t7-,8+,9+,10+,11+,14+,19+/m0/s1. The number of aromatic amines is 1. The molecule has 7 N–H and O–H groups in total. The number of rotatable bonds is 2. The zero-order valence-corrected chi connectivity index (χ0v) is 23.7. The zero-order chi connectivity index (χ0) is 31.0. The molecule has 7 heterocycles. The average molecular weight is 660 g/mol. The van der Waals surface area contributed by atoms with Crippen molar-refractivity contribution in [3.8, 4) is 0 Å². The summed E-state index contributed by atoms with van der Waals surface area (Å²) in [5.41, 5.74) is 11.1. The third-order valence-corrected chi connectivity index (χ3v) is 9.24. The molecule has 0 saturated carbocycles. The van der Waals surface area contributed by atoms with Gasteiger partial charge in [0.15, 0.2) is 35.0 Å². The maximum Gasteiger partial charge on any atom is 0.472 e. The SMILES string of the molecule is Nc1nc2c(ncn2[C@H]2C[C@@H]3OS(=O)(=O)NC[C@H]4O[C@@H](n5cnc6c(N)ncnc65)[C@H](F)[C@@H]4OP(=O)(O)OC[C@H]3O2)c(=O)[nH]1. The monoisotopic (exact) mass is 659 g/mol. The lowest BCUT2D eigenvalue weighted by molar-refractivity contribution is -0.0469. The van der Waals surface area contributed by atoms with Gasteiger partial charge in [0.1, 0.15) is 42.5 Å². The van der Waals surface area contributed by atoms with E-state index >= 15 is 4.39 Å². The van der Waals surface area contributed by atoms with Gasteiger partial charge in [-0.3, -0.25) is 32.1 Å². The minimum Gasteiger partial charge on any atom is -0.382 e. The number of imidazole rings is 2. The molecule has 24 heteroatoms. The number of aromatic nitrogens is 8. The number of H-pyrrole nitrogens is 1. The summed E-state index contributed by atoms with van der Waals surface area (Å²) in [6, 6.07) is 0.